The molecule has 2 aromatic rings. The molecule has 2 aliphatic rings. The van der Waals surface area contributed by atoms with Crippen LogP contribution in [0.1, 0.15) is 31.9 Å². The zero-order chi connectivity index (χ0) is 22.4. The van der Waals surface area contributed by atoms with E-state index in [1.807, 2.05) is 25.8 Å². The van der Waals surface area contributed by atoms with Crippen molar-refractivity contribution in [3.63, 3.8) is 0 Å². The number of nitrogens with zero attached hydrogens (tertiary/aromatic N) is 4. The number of ether oxygens (including phenoxy) is 1. The maximum atomic E-state index is 13.4. The molecule has 0 radical (unpaired) electrons. The lowest BCUT2D eigenvalue weighted by Crippen LogP contribution is -2.50. The Labute approximate surface area is 178 Å². The Balaban J connectivity index is 1.46. The summed E-state index contributed by atoms with van der Waals surface area (Å²) in [5, 5.41) is 3.30. The molecule has 4 rings (SSSR count). The van der Waals surface area contributed by atoms with Gasteiger partial charge >= 0.3 is 0 Å². The van der Waals surface area contributed by atoms with Crippen molar-refractivity contribution in [1.82, 2.24) is 9.97 Å². The average Bonchev–Trinajstić information content (AvgIpc) is 3.15. The number of rotatable bonds is 4. The Kier molecular flexibility index (Phi) is 5.40. The number of halogens is 3. The van der Waals surface area contributed by atoms with Crippen LogP contribution in [-0.4, -0.2) is 48.2 Å². The van der Waals surface area contributed by atoms with Crippen molar-refractivity contribution < 1.29 is 22.7 Å². The van der Waals surface area contributed by atoms with Gasteiger partial charge < -0.3 is 19.9 Å². The predicted molar refractivity (Wildman–Crippen MR) is 110 cm³/mol. The van der Waals surface area contributed by atoms with Crippen molar-refractivity contribution in [3.8, 4) is 5.75 Å². The fourth-order valence-electron chi connectivity index (χ4n) is 4.15. The number of hydrogen-bond donors (Lipinski definition) is 1. The van der Waals surface area contributed by atoms with E-state index in [9.17, 15) is 18.0 Å². The maximum Gasteiger partial charge on any atom is 0.249 e. The minimum absolute atomic E-state index is 0.00303. The molecule has 1 amide bonds. The van der Waals surface area contributed by atoms with Gasteiger partial charge in [0, 0.05) is 38.7 Å². The molecule has 1 fully saturated rings. The normalized spacial score (nSPS) is 23.2. The monoisotopic (exact) mass is 435 g/mol. The van der Waals surface area contributed by atoms with E-state index in [4.69, 9.17) is 4.74 Å². The first-order chi connectivity index (χ1) is 14.7. The number of aryl methyl sites for hydroxylation is 1. The molecule has 1 N–H and O–H groups in total. The predicted octanol–water partition coefficient (Wildman–Crippen LogP) is 3.42. The summed E-state index contributed by atoms with van der Waals surface area (Å²) in [6.07, 6.45) is 1.72. The fraction of sp³-hybridized carbons (Fsp3) is 0.476. The van der Waals surface area contributed by atoms with Crippen LogP contribution in [-0.2, 0) is 4.79 Å². The van der Waals surface area contributed by atoms with E-state index < -0.39 is 17.5 Å². The summed E-state index contributed by atoms with van der Waals surface area (Å²) in [5.74, 6) is -3.00. The van der Waals surface area contributed by atoms with Crippen molar-refractivity contribution in [2.75, 3.05) is 29.2 Å². The molecule has 0 saturated heterocycles. The summed E-state index contributed by atoms with van der Waals surface area (Å²) < 4.78 is 45.6. The summed E-state index contributed by atoms with van der Waals surface area (Å²) in [4.78, 5) is 24.9. The SMILES string of the molecule is Cc1nc(N[C@H]2CC[C@H](Oc3cc(F)c(F)c(F)c3)C2)nc2c1N(C)C(=O)C(C)N2C. The van der Waals surface area contributed by atoms with E-state index in [0.29, 0.717) is 36.0 Å². The highest BCUT2D eigenvalue weighted by molar-refractivity contribution is 6.04. The van der Waals surface area contributed by atoms with Crippen molar-refractivity contribution in [2.24, 2.45) is 0 Å². The van der Waals surface area contributed by atoms with E-state index in [1.165, 1.54) is 0 Å². The van der Waals surface area contributed by atoms with E-state index >= 15 is 0 Å². The van der Waals surface area contributed by atoms with Crippen LogP contribution in [0.5, 0.6) is 5.75 Å². The minimum atomic E-state index is -1.51. The second-order valence-corrected chi connectivity index (χ2v) is 8.08. The van der Waals surface area contributed by atoms with Gasteiger partial charge in [-0.15, -0.1) is 0 Å². The molecule has 1 aliphatic heterocycles. The molecule has 10 heteroatoms. The van der Waals surface area contributed by atoms with Crippen molar-refractivity contribution in [3.05, 3.63) is 35.3 Å². The largest absolute Gasteiger partial charge is 0.490 e. The zero-order valence-corrected chi connectivity index (χ0v) is 17.7. The van der Waals surface area contributed by atoms with Crippen LogP contribution in [0.15, 0.2) is 12.1 Å². The van der Waals surface area contributed by atoms with Crippen LogP contribution >= 0.6 is 0 Å². The molecular formula is C21H24F3N5O2. The van der Waals surface area contributed by atoms with Crippen LogP contribution in [0.4, 0.5) is 30.6 Å². The first kappa shape index (κ1) is 21.2. The smallest absolute Gasteiger partial charge is 0.249 e. The number of nitrogens with one attached hydrogen (secondary N) is 1. The lowest BCUT2D eigenvalue weighted by atomic mass is 10.1. The van der Waals surface area contributed by atoms with Crippen LogP contribution in [0, 0.1) is 24.4 Å². The molecule has 1 unspecified atom stereocenters. The molecule has 1 saturated carbocycles. The molecule has 1 aromatic carbocycles. The van der Waals surface area contributed by atoms with Gasteiger partial charge in [-0.05, 0) is 26.7 Å². The van der Waals surface area contributed by atoms with Crippen LogP contribution < -0.4 is 19.9 Å². The first-order valence-corrected chi connectivity index (χ1v) is 10.1. The standard InChI is InChI=1S/C21H24F3N5O2/c1-10-18-19(28(3)11(2)20(30)29(18)4)27-21(25-10)26-12-5-6-13(7-12)31-14-8-15(22)17(24)16(23)9-14/h8-9,11-13H,5-7H2,1-4H3,(H,25,26,27)/t11?,12-,13-/m0/s1. The summed E-state index contributed by atoms with van der Waals surface area (Å²) >= 11 is 0. The second-order valence-electron chi connectivity index (χ2n) is 8.08. The Morgan fingerprint density at radius 2 is 1.81 bits per heavy atom. The Morgan fingerprint density at radius 1 is 1.13 bits per heavy atom. The summed E-state index contributed by atoms with van der Waals surface area (Å²) in [6.45, 7) is 3.66. The average molecular weight is 435 g/mol. The summed E-state index contributed by atoms with van der Waals surface area (Å²) in [5.41, 5.74) is 1.37. The van der Waals surface area contributed by atoms with E-state index in [1.54, 1.807) is 11.9 Å². The lowest BCUT2D eigenvalue weighted by Gasteiger charge is -2.37. The van der Waals surface area contributed by atoms with Gasteiger partial charge in [-0.2, -0.15) is 4.98 Å². The third kappa shape index (κ3) is 3.86. The minimum Gasteiger partial charge on any atom is -0.490 e. The first-order valence-electron chi connectivity index (χ1n) is 10.1. The van der Waals surface area contributed by atoms with Gasteiger partial charge in [0.2, 0.25) is 11.9 Å². The van der Waals surface area contributed by atoms with Crippen molar-refractivity contribution in [1.29, 1.82) is 0 Å². The highest BCUT2D eigenvalue weighted by atomic mass is 19.2. The number of aromatic nitrogens is 2. The van der Waals surface area contributed by atoms with Crippen molar-refractivity contribution >= 4 is 23.4 Å². The second kappa shape index (κ2) is 7.90. The van der Waals surface area contributed by atoms with Crippen LogP contribution in [0.2, 0.25) is 0 Å². The van der Waals surface area contributed by atoms with E-state index in [-0.39, 0.29) is 29.8 Å². The number of carbonyl (C=O) groups is 1. The van der Waals surface area contributed by atoms with Gasteiger partial charge in [0.15, 0.2) is 23.3 Å². The number of hydrogen-bond acceptors (Lipinski definition) is 6. The quantitative estimate of drug-likeness (QED) is 0.743. The molecule has 31 heavy (non-hydrogen) atoms. The molecule has 166 valence electrons. The highest BCUT2D eigenvalue weighted by Crippen LogP contribution is 2.36. The Morgan fingerprint density at radius 3 is 2.48 bits per heavy atom. The van der Waals surface area contributed by atoms with Gasteiger partial charge in [0.25, 0.3) is 0 Å². The number of fused-ring (bicyclic) bond motifs is 1. The van der Waals surface area contributed by atoms with Gasteiger partial charge in [0.1, 0.15) is 23.6 Å². The third-order valence-corrected chi connectivity index (χ3v) is 5.96. The fourth-order valence-corrected chi connectivity index (χ4v) is 4.15. The van der Waals surface area contributed by atoms with E-state index in [2.05, 4.69) is 15.3 Å². The Bertz CT molecular complexity index is 1010. The van der Waals surface area contributed by atoms with E-state index in [0.717, 1.165) is 18.6 Å². The van der Waals surface area contributed by atoms with Gasteiger partial charge in [-0.3, -0.25) is 4.79 Å². The molecule has 0 spiro atoms. The molecule has 0 bridgehead atoms. The lowest BCUT2D eigenvalue weighted by molar-refractivity contribution is -0.119. The number of likely N-dealkylation sites (N-methyl/N-ethyl adjacent to an activating group) is 2. The molecule has 2 heterocycles. The molecule has 1 aromatic heterocycles. The number of amides is 1. The van der Waals surface area contributed by atoms with Gasteiger partial charge in [0.05, 0.1) is 5.69 Å². The molecular weight excluding hydrogens is 411 g/mol. The molecule has 1 aliphatic carbocycles. The van der Waals surface area contributed by atoms with Crippen LogP contribution in [0.3, 0.4) is 0 Å². The zero-order valence-electron chi connectivity index (χ0n) is 17.7. The highest BCUT2D eigenvalue weighted by Gasteiger charge is 2.35. The maximum absolute atomic E-state index is 13.4. The number of anilines is 3. The van der Waals surface area contributed by atoms with Crippen LogP contribution in [0.25, 0.3) is 0 Å². The van der Waals surface area contributed by atoms with Gasteiger partial charge in [-0.25, -0.2) is 18.2 Å². The summed E-state index contributed by atoms with van der Waals surface area (Å²) in [7, 11) is 3.54. The molecule has 7 nitrogen and oxygen atoms in total. The van der Waals surface area contributed by atoms with Gasteiger partial charge in [-0.1, -0.05) is 0 Å². The third-order valence-electron chi connectivity index (χ3n) is 5.96. The summed E-state index contributed by atoms with van der Waals surface area (Å²) in [6, 6.07) is 1.37. The molecule has 3 atom stereocenters. The van der Waals surface area contributed by atoms with Crippen molar-refractivity contribution in [2.45, 2.75) is 51.3 Å². The number of carbonyl (C=O) groups excluding carboxylic acids is 1. The number of benzene rings is 1. The topological polar surface area (TPSA) is 70.6 Å². The Hall–Kier alpha value is -3.04.